The third-order valence-corrected chi connectivity index (χ3v) is 4.91. The molecule has 0 aromatic carbocycles. The second-order valence-electron chi connectivity index (χ2n) is 8.03. The highest BCUT2D eigenvalue weighted by Gasteiger charge is 2.17. The number of hydrogen-bond acceptors (Lipinski definition) is 3. The molecule has 0 radical (unpaired) electrons. The highest BCUT2D eigenvalue weighted by molar-refractivity contribution is 14.0. The largest absolute Gasteiger partial charge is 0.357 e. The number of nitrogens with one attached hydrogen (secondary N) is 1. The Balaban J connectivity index is 0.00000364. The Morgan fingerprint density at radius 1 is 1.30 bits per heavy atom. The number of guanidine groups is 1. The first-order valence-electron chi connectivity index (χ1n) is 10.1. The van der Waals surface area contributed by atoms with Gasteiger partial charge in [-0.3, -0.25) is 9.67 Å². The first-order valence-corrected chi connectivity index (χ1v) is 10.1. The number of aromatic nitrogens is 2. The first kappa shape index (κ1) is 24.2. The first-order chi connectivity index (χ1) is 12.4. The van der Waals surface area contributed by atoms with Crippen LogP contribution < -0.4 is 5.32 Å². The Hall–Kier alpha value is -0.830. The van der Waals surface area contributed by atoms with Crippen molar-refractivity contribution >= 4 is 29.9 Å². The lowest BCUT2D eigenvalue weighted by atomic mass is 10.1. The topological polar surface area (TPSA) is 48.7 Å². The van der Waals surface area contributed by atoms with Crippen molar-refractivity contribution in [1.82, 2.24) is 24.9 Å². The maximum atomic E-state index is 4.91. The Labute approximate surface area is 182 Å². The van der Waals surface area contributed by atoms with Crippen molar-refractivity contribution < 1.29 is 0 Å². The van der Waals surface area contributed by atoms with E-state index in [1.54, 1.807) is 0 Å². The van der Waals surface area contributed by atoms with Crippen LogP contribution in [0.15, 0.2) is 11.2 Å². The van der Waals surface area contributed by atoms with Crippen molar-refractivity contribution in [2.24, 2.45) is 18.0 Å². The van der Waals surface area contributed by atoms with E-state index in [0.29, 0.717) is 11.8 Å². The molecule has 2 rings (SSSR count). The molecule has 0 amide bonds. The van der Waals surface area contributed by atoms with E-state index in [9.17, 15) is 0 Å². The van der Waals surface area contributed by atoms with Gasteiger partial charge in [-0.25, -0.2) is 0 Å². The van der Waals surface area contributed by atoms with E-state index in [1.165, 1.54) is 37.2 Å². The van der Waals surface area contributed by atoms with E-state index in [0.717, 1.165) is 32.1 Å². The van der Waals surface area contributed by atoms with Gasteiger partial charge in [-0.2, -0.15) is 5.10 Å². The summed E-state index contributed by atoms with van der Waals surface area (Å²) in [7, 11) is 4.11. The highest BCUT2D eigenvalue weighted by Crippen LogP contribution is 2.18. The van der Waals surface area contributed by atoms with Crippen molar-refractivity contribution in [2.75, 3.05) is 39.8 Å². The standard InChI is InChI=1S/C20H38N6.HI/c1-7-21-20(22-12-17(4)13-26-10-8-9-11-26)24(5)14-18-15-25(6)23-19(18)16(2)3;/h15-17H,7-14H2,1-6H3,(H,21,22);1H. The molecule has 2 heterocycles. The van der Waals surface area contributed by atoms with Crippen LogP contribution >= 0.6 is 24.0 Å². The normalized spacial score (nSPS) is 16.5. The number of rotatable bonds is 8. The van der Waals surface area contributed by atoms with E-state index >= 15 is 0 Å². The van der Waals surface area contributed by atoms with E-state index in [2.05, 4.69) is 61.2 Å². The minimum atomic E-state index is 0. The van der Waals surface area contributed by atoms with Crippen LogP contribution in [0.2, 0.25) is 0 Å². The molecule has 7 heteroatoms. The van der Waals surface area contributed by atoms with Crippen LogP contribution in [0.1, 0.15) is 57.7 Å². The fourth-order valence-corrected chi connectivity index (χ4v) is 3.67. The van der Waals surface area contributed by atoms with Crippen molar-refractivity contribution in [2.45, 2.75) is 53.0 Å². The van der Waals surface area contributed by atoms with Crippen LogP contribution in [0.4, 0.5) is 0 Å². The summed E-state index contributed by atoms with van der Waals surface area (Å²) >= 11 is 0. The van der Waals surface area contributed by atoms with Crippen LogP contribution in [-0.4, -0.2) is 65.3 Å². The van der Waals surface area contributed by atoms with E-state index in [1.807, 2.05) is 11.7 Å². The maximum absolute atomic E-state index is 4.91. The van der Waals surface area contributed by atoms with Gasteiger partial charge in [-0.15, -0.1) is 24.0 Å². The molecule has 0 spiro atoms. The summed E-state index contributed by atoms with van der Waals surface area (Å²) in [6, 6.07) is 0. The van der Waals surface area contributed by atoms with Crippen LogP contribution in [0, 0.1) is 5.92 Å². The number of likely N-dealkylation sites (tertiary alicyclic amines) is 1. The smallest absolute Gasteiger partial charge is 0.193 e. The monoisotopic (exact) mass is 490 g/mol. The van der Waals surface area contributed by atoms with Crippen molar-refractivity contribution in [3.8, 4) is 0 Å². The Morgan fingerprint density at radius 2 is 1.96 bits per heavy atom. The molecule has 1 unspecified atom stereocenters. The van der Waals surface area contributed by atoms with Crippen LogP contribution in [-0.2, 0) is 13.6 Å². The zero-order chi connectivity index (χ0) is 19.1. The molecule has 156 valence electrons. The molecule has 1 aromatic rings. The summed E-state index contributed by atoms with van der Waals surface area (Å²) in [5.41, 5.74) is 2.46. The highest BCUT2D eigenvalue weighted by atomic mass is 127. The maximum Gasteiger partial charge on any atom is 0.193 e. The minimum Gasteiger partial charge on any atom is -0.357 e. The number of halogens is 1. The lowest BCUT2D eigenvalue weighted by molar-refractivity contribution is 0.291. The minimum absolute atomic E-state index is 0. The van der Waals surface area contributed by atoms with Crippen molar-refractivity contribution in [3.05, 3.63) is 17.5 Å². The second kappa shape index (κ2) is 11.9. The van der Waals surface area contributed by atoms with Gasteiger partial charge in [-0.1, -0.05) is 20.8 Å². The van der Waals surface area contributed by atoms with Gasteiger partial charge < -0.3 is 15.1 Å². The van der Waals surface area contributed by atoms with Gasteiger partial charge in [0.15, 0.2) is 5.96 Å². The summed E-state index contributed by atoms with van der Waals surface area (Å²) in [5.74, 6) is 2.00. The summed E-state index contributed by atoms with van der Waals surface area (Å²) in [6.45, 7) is 15.1. The van der Waals surface area contributed by atoms with Crippen LogP contribution in [0.5, 0.6) is 0 Å². The lowest BCUT2D eigenvalue weighted by Gasteiger charge is -2.24. The summed E-state index contributed by atoms with van der Waals surface area (Å²) < 4.78 is 1.92. The molecule has 1 aliphatic heterocycles. The molecule has 1 N–H and O–H groups in total. The predicted molar refractivity (Wildman–Crippen MR) is 125 cm³/mol. The fourth-order valence-electron chi connectivity index (χ4n) is 3.67. The summed E-state index contributed by atoms with van der Waals surface area (Å²) in [6.07, 6.45) is 4.83. The zero-order valence-electron chi connectivity index (χ0n) is 18.0. The van der Waals surface area contributed by atoms with Gasteiger partial charge in [0.25, 0.3) is 0 Å². The molecule has 1 aliphatic rings. The Bertz CT molecular complexity index is 577. The van der Waals surface area contributed by atoms with Gasteiger partial charge >= 0.3 is 0 Å². The number of aliphatic imine (C=N–C) groups is 1. The average molecular weight is 490 g/mol. The molecule has 0 bridgehead atoms. The van der Waals surface area contributed by atoms with Crippen LogP contribution in [0.25, 0.3) is 0 Å². The second-order valence-corrected chi connectivity index (χ2v) is 8.03. The number of nitrogens with zero attached hydrogens (tertiary/aromatic N) is 5. The van der Waals surface area contributed by atoms with E-state index in [-0.39, 0.29) is 24.0 Å². The molecule has 1 saturated heterocycles. The van der Waals surface area contributed by atoms with E-state index < -0.39 is 0 Å². The SMILES string of the molecule is CCNC(=NCC(C)CN1CCCC1)N(C)Cc1cn(C)nc1C(C)C.I. The molecule has 0 saturated carbocycles. The van der Waals surface area contributed by atoms with Gasteiger partial charge in [0.1, 0.15) is 0 Å². The Morgan fingerprint density at radius 3 is 2.56 bits per heavy atom. The summed E-state index contributed by atoms with van der Waals surface area (Å²) in [4.78, 5) is 9.70. The number of hydrogen-bond donors (Lipinski definition) is 1. The molecule has 6 nitrogen and oxygen atoms in total. The predicted octanol–water partition coefficient (Wildman–Crippen LogP) is 3.29. The molecule has 27 heavy (non-hydrogen) atoms. The summed E-state index contributed by atoms with van der Waals surface area (Å²) in [5, 5.41) is 8.07. The van der Waals surface area contributed by atoms with Crippen molar-refractivity contribution in [1.29, 1.82) is 0 Å². The molecule has 1 atom stereocenters. The fraction of sp³-hybridized carbons (Fsp3) is 0.800. The zero-order valence-corrected chi connectivity index (χ0v) is 20.4. The van der Waals surface area contributed by atoms with E-state index in [4.69, 9.17) is 4.99 Å². The third-order valence-electron chi connectivity index (χ3n) is 4.91. The van der Waals surface area contributed by atoms with Gasteiger partial charge in [0.2, 0.25) is 0 Å². The van der Waals surface area contributed by atoms with Gasteiger partial charge in [0, 0.05) is 52.0 Å². The van der Waals surface area contributed by atoms with Crippen LogP contribution in [0.3, 0.4) is 0 Å². The lowest BCUT2D eigenvalue weighted by Crippen LogP contribution is -2.39. The molecule has 0 aliphatic carbocycles. The van der Waals surface area contributed by atoms with Crippen molar-refractivity contribution in [3.63, 3.8) is 0 Å². The third kappa shape index (κ3) is 7.60. The quantitative estimate of drug-likeness (QED) is 0.345. The average Bonchev–Trinajstić information content (AvgIpc) is 3.20. The van der Waals surface area contributed by atoms with Gasteiger partial charge in [-0.05, 0) is 44.7 Å². The molecule has 1 fully saturated rings. The number of aryl methyl sites for hydroxylation is 1. The van der Waals surface area contributed by atoms with Gasteiger partial charge in [0.05, 0.1) is 5.69 Å². The molecular weight excluding hydrogens is 451 g/mol. The molecule has 1 aromatic heterocycles. The Kier molecular flexibility index (Phi) is 10.7. The molecular formula is C20H39IN6.